The molecule has 0 saturated carbocycles. The van der Waals surface area contributed by atoms with Crippen molar-refractivity contribution in [3.8, 4) is 56.4 Å². The highest BCUT2D eigenvalue weighted by molar-refractivity contribution is 7.26. The average molecular weight is 818 g/mol. The molecule has 0 saturated heterocycles. The van der Waals surface area contributed by atoms with E-state index in [2.05, 4.69) is 212 Å². The Bertz CT molecular complexity index is 3980. The summed E-state index contributed by atoms with van der Waals surface area (Å²) in [6.45, 7) is 0. The number of hydrogen-bond donors (Lipinski definition) is 0. The van der Waals surface area contributed by atoms with Crippen molar-refractivity contribution in [2.45, 2.75) is 0 Å². The smallest absolute Gasteiger partial charge is 0.165 e. The Morgan fingerprint density at radius 2 is 0.778 bits per heavy atom. The summed E-state index contributed by atoms with van der Waals surface area (Å²) in [5.74, 6) is 1.94. The van der Waals surface area contributed by atoms with E-state index in [1.165, 1.54) is 74.7 Å². The quantitative estimate of drug-likeness (QED) is 0.128. The maximum absolute atomic E-state index is 5.44. The summed E-state index contributed by atoms with van der Waals surface area (Å²) in [7, 11) is 0. The number of nitrogens with zero attached hydrogens (tertiary/aromatic N) is 3. The fraction of sp³-hybridized carbons (Fsp3) is 0. The molecule has 13 rings (SSSR count). The molecule has 4 heteroatoms. The fourth-order valence-electron chi connectivity index (χ4n) is 9.85. The number of benzene rings is 11. The van der Waals surface area contributed by atoms with Gasteiger partial charge in [-0.3, -0.25) is 0 Å². The van der Waals surface area contributed by atoms with Gasteiger partial charge in [-0.05, 0) is 106 Å². The molecule has 3 nitrogen and oxygen atoms in total. The molecule has 0 aliphatic rings. The molecule has 0 atom stereocenters. The summed E-state index contributed by atoms with van der Waals surface area (Å²) >= 11 is 1.79. The van der Waals surface area contributed by atoms with E-state index in [0.717, 1.165) is 38.2 Å². The molecule has 63 heavy (non-hydrogen) atoms. The Kier molecular flexibility index (Phi) is 8.08. The van der Waals surface area contributed by atoms with Crippen LogP contribution in [0.15, 0.2) is 212 Å². The Morgan fingerprint density at radius 3 is 1.49 bits per heavy atom. The second kappa shape index (κ2) is 14.3. The maximum Gasteiger partial charge on any atom is 0.165 e. The van der Waals surface area contributed by atoms with Crippen LogP contribution >= 0.6 is 11.3 Å². The minimum Gasteiger partial charge on any atom is -0.208 e. The van der Waals surface area contributed by atoms with E-state index in [1.807, 2.05) is 0 Å². The molecular formula is C59H35N3S. The lowest BCUT2D eigenvalue weighted by Gasteiger charge is -2.17. The minimum atomic E-state index is 0.640. The number of aromatic nitrogens is 3. The Morgan fingerprint density at radius 1 is 0.270 bits per heavy atom. The van der Waals surface area contributed by atoms with Gasteiger partial charge in [0.25, 0.3) is 0 Å². The highest BCUT2D eigenvalue weighted by Crippen LogP contribution is 2.45. The second-order valence-electron chi connectivity index (χ2n) is 16.2. The number of rotatable bonds is 5. The standard InChI is InChI=1S/C59H35N3S/c1-2-15-36(16-3-1)40-31-33-50(44-23-10-8-21-42(40)44)57-60-58(62-59(61-57)52-27-14-26-49-46-25-12-13-28-54(46)63-56(49)52)51-34-32-47(43-22-9-11-24-45(43)51)55-41-20-7-5-18-38(41)35-53-39-19-6-4-17-37(39)29-30-48(53)55/h1-35H. The van der Waals surface area contributed by atoms with Gasteiger partial charge in [-0.25, -0.2) is 15.0 Å². The summed E-state index contributed by atoms with van der Waals surface area (Å²) < 4.78 is 2.41. The minimum absolute atomic E-state index is 0.640. The predicted molar refractivity (Wildman–Crippen MR) is 267 cm³/mol. The van der Waals surface area contributed by atoms with Gasteiger partial charge in [0.2, 0.25) is 0 Å². The van der Waals surface area contributed by atoms with Crippen LogP contribution in [0.5, 0.6) is 0 Å². The van der Waals surface area contributed by atoms with Gasteiger partial charge in [-0.2, -0.15) is 0 Å². The van der Waals surface area contributed by atoms with Crippen LogP contribution in [0, 0.1) is 0 Å². The molecule has 2 aromatic heterocycles. The molecule has 0 radical (unpaired) electrons. The van der Waals surface area contributed by atoms with Gasteiger partial charge in [-0.1, -0.05) is 182 Å². The van der Waals surface area contributed by atoms with E-state index in [9.17, 15) is 0 Å². The van der Waals surface area contributed by atoms with Crippen molar-refractivity contribution in [1.29, 1.82) is 0 Å². The van der Waals surface area contributed by atoms with Crippen LogP contribution in [-0.2, 0) is 0 Å². The first kappa shape index (κ1) is 35.7. The molecule has 2 heterocycles. The molecule has 13 aromatic rings. The third-order valence-corrected chi connectivity index (χ3v) is 14.0. The fourth-order valence-corrected chi connectivity index (χ4v) is 11.1. The van der Waals surface area contributed by atoms with Gasteiger partial charge in [0, 0.05) is 36.9 Å². The highest BCUT2D eigenvalue weighted by atomic mass is 32.1. The van der Waals surface area contributed by atoms with Crippen molar-refractivity contribution in [3.63, 3.8) is 0 Å². The molecule has 0 fully saturated rings. The van der Waals surface area contributed by atoms with E-state index in [0.29, 0.717) is 17.5 Å². The molecule has 292 valence electrons. The van der Waals surface area contributed by atoms with Crippen molar-refractivity contribution in [1.82, 2.24) is 15.0 Å². The van der Waals surface area contributed by atoms with Gasteiger partial charge in [0.1, 0.15) is 0 Å². The van der Waals surface area contributed by atoms with E-state index >= 15 is 0 Å². The normalized spacial score (nSPS) is 11.8. The first-order chi connectivity index (χ1) is 31.2. The van der Waals surface area contributed by atoms with E-state index < -0.39 is 0 Å². The van der Waals surface area contributed by atoms with E-state index in [4.69, 9.17) is 15.0 Å². The van der Waals surface area contributed by atoms with Gasteiger partial charge in [0.05, 0.1) is 0 Å². The third-order valence-electron chi connectivity index (χ3n) is 12.7. The molecular weight excluding hydrogens is 783 g/mol. The lowest BCUT2D eigenvalue weighted by Crippen LogP contribution is -2.01. The summed E-state index contributed by atoms with van der Waals surface area (Å²) in [5, 5.41) is 14.4. The molecule has 0 bridgehead atoms. The summed E-state index contributed by atoms with van der Waals surface area (Å²) in [5.41, 5.74) is 7.69. The molecule has 11 aromatic carbocycles. The van der Waals surface area contributed by atoms with Gasteiger partial charge in [-0.15, -0.1) is 11.3 Å². The van der Waals surface area contributed by atoms with Crippen LogP contribution in [0.25, 0.3) is 130 Å². The molecule has 0 amide bonds. The average Bonchev–Trinajstić information content (AvgIpc) is 3.74. The lowest BCUT2D eigenvalue weighted by molar-refractivity contribution is 1.08. The summed E-state index contributed by atoms with van der Waals surface area (Å²) in [6.07, 6.45) is 0. The van der Waals surface area contributed by atoms with Crippen LogP contribution in [0.2, 0.25) is 0 Å². The Labute approximate surface area is 367 Å². The number of fused-ring (bicyclic) bond motifs is 9. The van der Waals surface area contributed by atoms with Crippen LogP contribution in [0.3, 0.4) is 0 Å². The molecule has 0 aliphatic carbocycles. The predicted octanol–water partition coefficient (Wildman–Crippen LogP) is 16.3. The topological polar surface area (TPSA) is 38.7 Å². The van der Waals surface area contributed by atoms with Crippen molar-refractivity contribution >= 4 is 85.4 Å². The number of thiophene rings is 1. The lowest BCUT2D eigenvalue weighted by atomic mass is 9.87. The summed E-state index contributed by atoms with van der Waals surface area (Å²) in [4.78, 5) is 16.3. The van der Waals surface area contributed by atoms with E-state index in [-0.39, 0.29) is 0 Å². The summed E-state index contributed by atoms with van der Waals surface area (Å²) in [6, 6.07) is 76.4. The van der Waals surface area contributed by atoms with Crippen LogP contribution in [0.4, 0.5) is 0 Å². The number of hydrogen-bond acceptors (Lipinski definition) is 4. The zero-order valence-corrected chi connectivity index (χ0v) is 34.8. The Hall–Kier alpha value is -8.05. The first-order valence-corrected chi connectivity index (χ1v) is 22.2. The van der Waals surface area contributed by atoms with Crippen molar-refractivity contribution in [2.24, 2.45) is 0 Å². The van der Waals surface area contributed by atoms with Crippen LogP contribution in [-0.4, -0.2) is 15.0 Å². The van der Waals surface area contributed by atoms with Crippen LogP contribution in [0.1, 0.15) is 0 Å². The Balaban J connectivity index is 1.08. The second-order valence-corrected chi connectivity index (χ2v) is 17.3. The molecule has 0 spiro atoms. The van der Waals surface area contributed by atoms with Gasteiger partial charge >= 0.3 is 0 Å². The zero-order valence-electron chi connectivity index (χ0n) is 34.0. The molecule has 0 unspecified atom stereocenters. The largest absolute Gasteiger partial charge is 0.208 e. The monoisotopic (exact) mass is 817 g/mol. The first-order valence-electron chi connectivity index (χ1n) is 21.4. The highest BCUT2D eigenvalue weighted by Gasteiger charge is 2.21. The molecule has 0 N–H and O–H groups in total. The van der Waals surface area contributed by atoms with Crippen molar-refractivity contribution in [2.75, 3.05) is 0 Å². The van der Waals surface area contributed by atoms with Gasteiger partial charge in [0.15, 0.2) is 17.5 Å². The van der Waals surface area contributed by atoms with E-state index in [1.54, 1.807) is 11.3 Å². The van der Waals surface area contributed by atoms with Crippen molar-refractivity contribution in [3.05, 3.63) is 212 Å². The zero-order chi connectivity index (χ0) is 41.4. The van der Waals surface area contributed by atoms with Gasteiger partial charge < -0.3 is 0 Å². The van der Waals surface area contributed by atoms with Crippen molar-refractivity contribution < 1.29 is 0 Å². The van der Waals surface area contributed by atoms with Crippen LogP contribution < -0.4 is 0 Å². The third kappa shape index (κ3) is 5.69. The molecule has 0 aliphatic heterocycles. The SMILES string of the molecule is c1ccc(-c2ccc(-c3nc(-c4ccc(-c5c6ccccc6cc6c5ccc5ccccc56)c5ccccc45)nc(-c4cccc5c4sc4ccccc45)n3)c3ccccc23)cc1. The maximum atomic E-state index is 5.44.